The fourth-order valence-electron chi connectivity index (χ4n) is 1.33. The summed E-state index contributed by atoms with van der Waals surface area (Å²) in [5.41, 5.74) is 0.805. The van der Waals surface area contributed by atoms with Gasteiger partial charge in [0, 0.05) is 0 Å². The van der Waals surface area contributed by atoms with Crippen LogP contribution in [0.25, 0.3) is 0 Å². The van der Waals surface area contributed by atoms with Crippen molar-refractivity contribution < 1.29 is 9.47 Å². The van der Waals surface area contributed by atoms with Crippen molar-refractivity contribution in [2.24, 2.45) is 0 Å². The minimum Gasteiger partial charge on any atom is -0.376 e. The van der Waals surface area contributed by atoms with E-state index in [9.17, 15) is 0 Å². The lowest BCUT2D eigenvalue weighted by molar-refractivity contribution is -0.0935. The maximum Gasteiger partial charge on any atom is 0.161 e. The lowest BCUT2D eigenvalue weighted by atomic mass is 10.3. The zero-order chi connectivity index (χ0) is 10.8. The molecule has 2 rings (SSSR count). The Hall–Kier alpha value is -0.230. The molecule has 1 aromatic heterocycles. The van der Waals surface area contributed by atoms with Crippen molar-refractivity contribution in [3.63, 3.8) is 0 Å². The number of ether oxygens (including phenoxy) is 2. The fraction of sp³-hybridized carbons (Fsp3) is 0.556. The lowest BCUT2D eigenvalue weighted by Gasteiger charge is -2.22. The number of halogens is 2. The zero-order valence-electron chi connectivity index (χ0n) is 8.17. The third-order valence-electron chi connectivity index (χ3n) is 2.10. The van der Waals surface area contributed by atoms with Crippen LogP contribution >= 0.6 is 27.5 Å². The highest BCUT2D eigenvalue weighted by atomic mass is 79.9. The second kappa shape index (κ2) is 4.74. The first-order valence-electron chi connectivity index (χ1n) is 4.57. The second-order valence-corrected chi connectivity index (χ2v) is 4.36. The van der Waals surface area contributed by atoms with Gasteiger partial charge in [-0.3, -0.25) is 0 Å². The zero-order valence-corrected chi connectivity index (χ0v) is 10.5. The Morgan fingerprint density at radius 3 is 2.80 bits per heavy atom. The average molecular weight is 294 g/mol. The van der Waals surface area contributed by atoms with Crippen LogP contribution in [-0.2, 0) is 9.47 Å². The van der Waals surface area contributed by atoms with E-state index in [1.807, 2.05) is 6.92 Å². The second-order valence-electron chi connectivity index (χ2n) is 3.21. The molecular weight excluding hydrogens is 283 g/mol. The molecule has 1 fully saturated rings. The van der Waals surface area contributed by atoms with E-state index in [4.69, 9.17) is 21.1 Å². The molecule has 1 aliphatic rings. The van der Waals surface area contributed by atoms with Crippen LogP contribution in [0.15, 0.2) is 4.47 Å². The molecule has 6 heteroatoms. The Bertz CT molecular complexity index is 346. The van der Waals surface area contributed by atoms with E-state index >= 15 is 0 Å². The van der Waals surface area contributed by atoms with Gasteiger partial charge in [-0.25, -0.2) is 9.97 Å². The van der Waals surface area contributed by atoms with Gasteiger partial charge >= 0.3 is 0 Å². The van der Waals surface area contributed by atoms with Crippen molar-refractivity contribution in [2.45, 2.75) is 13.0 Å². The van der Waals surface area contributed by atoms with Gasteiger partial charge in [-0.15, -0.1) is 0 Å². The predicted octanol–water partition coefficient (Wildman–Crippen LogP) is 2.29. The number of aromatic nitrogens is 2. The topological polar surface area (TPSA) is 44.2 Å². The molecular formula is C9H10BrClN2O2. The summed E-state index contributed by atoms with van der Waals surface area (Å²) in [5.74, 6) is 0.584. The molecule has 2 heterocycles. The van der Waals surface area contributed by atoms with Crippen LogP contribution in [0.3, 0.4) is 0 Å². The van der Waals surface area contributed by atoms with Crippen molar-refractivity contribution in [1.29, 1.82) is 0 Å². The van der Waals surface area contributed by atoms with Crippen molar-refractivity contribution in [3.05, 3.63) is 21.1 Å². The third-order valence-corrected chi connectivity index (χ3v) is 3.55. The first-order chi connectivity index (χ1) is 7.18. The average Bonchev–Trinajstić information content (AvgIpc) is 2.26. The summed E-state index contributed by atoms with van der Waals surface area (Å²) >= 11 is 9.25. The highest BCUT2D eigenvalue weighted by molar-refractivity contribution is 9.10. The van der Waals surface area contributed by atoms with E-state index in [0.29, 0.717) is 30.8 Å². The van der Waals surface area contributed by atoms with Crippen LogP contribution < -0.4 is 0 Å². The molecule has 0 spiro atoms. The quantitative estimate of drug-likeness (QED) is 0.745. The van der Waals surface area contributed by atoms with Gasteiger partial charge in [0.05, 0.1) is 30.0 Å². The van der Waals surface area contributed by atoms with Crippen LogP contribution in [-0.4, -0.2) is 29.8 Å². The highest BCUT2D eigenvalue weighted by Crippen LogP contribution is 2.26. The van der Waals surface area contributed by atoms with Crippen LogP contribution in [0.4, 0.5) is 0 Å². The molecule has 1 aromatic rings. The molecule has 1 atom stereocenters. The first-order valence-corrected chi connectivity index (χ1v) is 5.74. The molecule has 15 heavy (non-hydrogen) atoms. The van der Waals surface area contributed by atoms with Gasteiger partial charge < -0.3 is 9.47 Å². The number of hydrogen-bond acceptors (Lipinski definition) is 4. The molecule has 0 aliphatic carbocycles. The van der Waals surface area contributed by atoms with Crippen molar-refractivity contribution in [1.82, 2.24) is 9.97 Å². The van der Waals surface area contributed by atoms with Gasteiger partial charge in [0.2, 0.25) is 0 Å². The molecule has 0 bridgehead atoms. The van der Waals surface area contributed by atoms with Gasteiger partial charge in [0.25, 0.3) is 0 Å². The summed E-state index contributed by atoms with van der Waals surface area (Å²) in [6.45, 7) is 3.54. The minimum atomic E-state index is -0.206. The first kappa shape index (κ1) is 11.3. The molecule has 0 saturated carbocycles. The molecule has 1 unspecified atom stereocenters. The number of rotatable bonds is 1. The smallest absolute Gasteiger partial charge is 0.161 e. The van der Waals surface area contributed by atoms with E-state index in [-0.39, 0.29) is 6.10 Å². The number of nitrogens with zero attached hydrogens (tertiary/aromatic N) is 2. The van der Waals surface area contributed by atoms with Crippen molar-refractivity contribution >= 4 is 27.5 Å². The summed E-state index contributed by atoms with van der Waals surface area (Å²) < 4.78 is 11.5. The lowest BCUT2D eigenvalue weighted by Crippen LogP contribution is -2.24. The van der Waals surface area contributed by atoms with E-state index in [2.05, 4.69) is 25.9 Å². The Morgan fingerprint density at radius 1 is 1.40 bits per heavy atom. The van der Waals surface area contributed by atoms with Crippen LogP contribution in [0.1, 0.15) is 17.6 Å². The monoisotopic (exact) mass is 292 g/mol. The van der Waals surface area contributed by atoms with Crippen LogP contribution in [0.2, 0.25) is 5.15 Å². The minimum absolute atomic E-state index is 0.206. The predicted molar refractivity (Wildman–Crippen MR) is 59.0 cm³/mol. The summed E-state index contributed by atoms with van der Waals surface area (Å²) in [7, 11) is 0. The van der Waals surface area contributed by atoms with Crippen molar-refractivity contribution in [3.8, 4) is 0 Å². The third kappa shape index (κ3) is 2.47. The molecule has 4 nitrogen and oxygen atoms in total. The molecule has 0 aromatic carbocycles. The molecule has 0 N–H and O–H groups in total. The van der Waals surface area contributed by atoms with Gasteiger partial charge in [0.15, 0.2) is 5.82 Å². The van der Waals surface area contributed by atoms with Gasteiger partial charge in [-0.1, -0.05) is 11.6 Å². The van der Waals surface area contributed by atoms with Crippen molar-refractivity contribution in [2.75, 3.05) is 19.8 Å². The Morgan fingerprint density at radius 2 is 2.20 bits per heavy atom. The molecule has 0 radical (unpaired) electrons. The van der Waals surface area contributed by atoms with E-state index in [1.54, 1.807) is 0 Å². The van der Waals surface area contributed by atoms with Crippen LogP contribution in [0, 0.1) is 6.92 Å². The van der Waals surface area contributed by atoms with Crippen LogP contribution in [0.5, 0.6) is 0 Å². The SMILES string of the molecule is Cc1nc(C2COCCO2)nc(Cl)c1Br. The van der Waals surface area contributed by atoms with E-state index in [0.717, 1.165) is 10.2 Å². The largest absolute Gasteiger partial charge is 0.376 e. The van der Waals surface area contributed by atoms with E-state index in [1.165, 1.54) is 0 Å². The maximum atomic E-state index is 5.94. The summed E-state index contributed by atoms with van der Waals surface area (Å²) in [4.78, 5) is 8.47. The van der Waals surface area contributed by atoms with E-state index < -0.39 is 0 Å². The molecule has 1 aliphatic heterocycles. The van der Waals surface area contributed by atoms with Gasteiger partial charge in [-0.05, 0) is 22.9 Å². The maximum absolute atomic E-state index is 5.94. The summed E-state index contributed by atoms with van der Waals surface area (Å²) in [5, 5.41) is 0.409. The fourth-order valence-corrected chi connectivity index (χ4v) is 1.73. The number of aryl methyl sites for hydroxylation is 1. The number of hydrogen-bond donors (Lipinski definition) is 0. The van der Waals surface area contributed by atoms with Gasteiger partial charge in [-0.2, -0.15) is 0 Å². The van der Waals surface area contributed by atoms with Gasteiger partial charge in [0.1, 0.15) is 11.3 Å². The Kier molecular flexibility index (Phi) is 3.56. The highest BCUT2D eigenvalue weighted by Gasteiger charge is 2.21. The standard InChI is InChI=1S/C9H10BrClN2O2/c1-5-7(10)8(11)13-9(12-5)6-4-14-2-3-15-6/h6H,2-4H2,1H3. The normalized spacial score (nSPS) is 21.7. The summed E-state index contributed by atoms with van der Waals surface area (Å²) in [6.07, 6.45) is -0.206. The summed E-state index contributed by atoms with van der Waals surface area (Å²) in [6, 6.07) is 0. The molecule has 82 valence electrons. The Balaban J connectivity index is 2.27. The Labute approximate surface area is 101 Å². The molecule has 0 amide bonds. The molecule has 1 saturated heterocycles.